The first-order valence-corrected chi connectivity index (χ1v) is 27.5. The summed E-state index contributed by atoms with van der Waals surface area (Å²) in [6, 6.07) is 11.3. The van der Waals surface area contributed by atoms with Crippen molar-refractivity contribution in [3.05, 3.63) is 102 Å². The van der Waals surface area contributed by atoms with Gasteiger partial charge in [-0.2, -0.15) is 11.8 Å². The number of primary amides is 1. The number of hydrogen-bond acceptors (Lipinski definition) is 15. The fraction of sp³-hybridized carbons (Fsp3) is 0.429. The fourth-order valence-corrected chi connectivity index (χ4v) is 10.7. The van der Waals surface area contributed by atoms with Crippen molar-refractivity contribution in [2.45, 2.75) is 99.9 Å². The third-order valence-corrected chi connectivity index (χ3v) is 14.9. The van der Waals surface area contributed by atoms with Gasteiger partial charge in [0, 0.05) is 47.2 Å². The Labute approximate surface area is 435 Å². The van der Waals surface area contributed by atoms with Crippen LogP contribution in [0.1, 0.15) is 42.9 Å². The molecule has 4 aromatic rings. The van der Waals surface area contributed by atoms with E-state index in [1.807, 2.05) is 24.3 Å². The number of thioether (sulfide) groups is 1. The number of H-pyrrole nitrogens is 1. The molecule has 0 aliphatic carbocycles. The van der Waals surface area contributed by atoms with Crippen LogP contribution in [0, 0.1) is 0 Å². The third kappa shape index (κ3) is 17.7. The highest BCUT2D eigenvalue weighted by atomic mass is 33.1. The van der Waals surface area contributed by atoms with Crippen molar-refractivity contribution in [1.82, 2.24) is 42.2 Å². The Kier molecular flexibility index (Phi) is 22.7. The van der Waals surface area contributed by atoms with Crippen molar-refractivity contribution in [1.29, 1.82) is 0 Å². The molecule has 0 spiro atoms. The number of hydrogen-bond donors (Lipinski definition) is 13. The average Bonchev–Trinajstić information content (AvgIpc) is 3.77. The highest BCUT2D eigenvalue weighted by Crippen LogP contribution is 2.25. The summed E-state index contributed by atoms with van der Waals surface area (Å²) >= 11 is 1.23. The molecule has 2 heterocycles. The summed E-state index contributed by atoms with van der Waals surface area (Å²) in [4.78, 5) is 115. The molecule has 0 bridgehead atoms. The van der Waals surface area contributed by atoms with E-state index in [0.29, 0.717) is 24.0 Å². The quantitative estimate of drug-likeness (QED) is 0.0436. The van der Waals surface area contributed by atoms with Gasteiger partial charge in [-0.3, -0.25) is 38.4 Å². The number of aliphatic hydroxyl groups excluding tert-OH is 1. The minimum Gasteiger partial charge on any atom is -0.508 e. The normalized spacial score (nSPS) is 22.0. The molecule has 1 fully saturated rings. The van der Waals surface area contributed by atoms with Gasteiger partial charge in [0.25, 0.3) is 0 Å². The lowest BCUT2D eigenvalue weighted by Gasteiger charge is -2.29. The molecule has 0 unspecified atom stereocenters. The number of carbonyl (C=O) groups excluding carboxylic acids is 8. The number of nitrogens with one attached hydrogen (secondary N) is 8. The number of benzene rings is 3. The average molecular weight is 1060 g/mol. The Balaban J connectivity index is 1.58. The zero-order valence-corrected chi connectivity index (χ0v) is 42.9. The van der Waals surface area contributed by atoms with Crippen LogP contribution in [0.2, 0.25) is 0 Å². The Morgan fingerprint density at radius 1 is 0.767 bits per heavy atom. The fourth-order valence-electron chi connectivity index (χ4n) is 7.78. The number of phenols is 1. The summed E-state index contributed by atoms with van der Waals surface area (Å²) in [6.07, 6.45) is 2.50. The molecule has 0 saturated carbocycles. The van der Waals surface area contributed by atoms with Crippen LogP contribution >= 0.6 is 33.3 Å². The van der Waals surface area contributed by atoms with Gasteiger partial charge in [-0.25, -0.2) is 0 Å². The molecule has 16 N–H and O–H groups in total. The maximum absolute atomic E-state index is 14.8. The van der Waals surface area contributed by atoms with Crippen LogP contribution < -0.4 is 54.4 Å². The summed E-state index contributed by atoms with van der Waals surface area (Å²) in [5.41, 5.74) is 20.4. The second-order valence-electron chi connectivity index (χ2n) is 17.5. The standard InChI is InChI=1S/C49H65N11O10S3/c1-27(61)41-49(70)59-40(48(69)57-38(24-71-2)42(52)63)26-73-72-25-39(58-43(64)33(51)20-28-10-4-3-5-11-28)47(68)55-36(21-29-15-17-31(62)18-16-29)45(66)56-37(22-30-23-53-34-13-7-6-12-32(30)34)46(67)54-35(44(65)60-41)14-8-9-19-50/h3-7,10-13,15-18,23,27,33,35-41,53,61-62H,8-9,14,19-22,24-26,50-51H2,1-2H3,(H2,52,63)(H,54,67)(H,55,68)(H,56,66)(H,57,69)(H,58,64)(H,59,70)(H,60,65)/t27-,33-,35+,36+,37-,38+,39+,40+,41+/m1/s1. The second kappa shape index (κ2) is 28.8. The van der Waals surface area contributed by atoms with Crippen molar-refractivity contribution in [3.63, 3.8) is 0 Å². The van der Waals surface area contributed by atoms with Crippen molar-refractivity contribution in [2.75, 3.05) is 30.1 Å². The van der Waals surface area contributed by atoms with Gasteiger partial charge in [0.15, 0.2) is 0 Å². The largest absolute Gasteiger partial charge is 0.508 e. The first kappa shape index (κ1) is 57.6. The summed E-state index contributed by atoms with van der Waals surface area (Å²) in [7, 11) is 2.03. The van der Waals surface area contributed by atoms with Gasteiger partial charge in [0.1, 0.15) is 48.0 Å². The molecular weight excluding hydrogens is 999 g/mol. The summed E-state index contributed by atoms with van der Waals surface area (Å²) in [5, 5.41) is 40.4. The van der Waals surface area contributed by atoms with E-state index in [1.54, 1.807) is 54.9 Å². The summed E-state index contributed by atoms with van der Waals surface area (Å²) in [5.74, 6) is -7.02. The lowest BCUT2D eigenvalue weighted by atomic mass is 10.0. The van der Waals surface area contributed by atoms with Crippen molar-refractivity contribution in [3.8, 4) is 5.75 Å². The van der Waals surface area contributed by atoms with Crippen molar-refractivity contribution < 1.29 is 48.6 Å². The molecule has 1 aliphatic rings. The number of amides is 8. The zero-order chi connectivity index (χ0) is 53.0. The molecule has 24 heteroatoms. The van der Waals surface area contributed by atoms with Gasteiger partial charge in [0.05, 0.1) is 12.1 Å². The maximum atomic E-state index is 14.8. The molecule has 394 valence electrons. The van der Waals surface area contributed by atoms with E-state index in [-0.39, 0.29) is 55.2 Å². The Morgan fingerprint density at radius 2 is 1.40 bits per heavy atom. The molecule has 8 amide bonds. The van der Waals surface area contributed by atoms with Gasteiger partial charge in [-0.1, -0.05) is 82.3 Å². The predicted octanol–water partition coefficient (Wildman–Crippen LogP) is -0.625. The molecule has 1 aromatic heterocycles. The van der Waals surface area contributed by atoms with E-state index in [0.717, 1.165) is 38.1 Å². The van der Waals surface area contributed by atoms with Gasteiger partial charge in [0.2, 0.25) is 47.3 Å². The van der Waals surface area contributed by atoms with E-state index in [4.69, 9.17) is 17.2 Å². The number of aromatic hydroxyl groups is 1. The summed E-state index contributed by atoms with van der Waals surface area (Å²) in [6.45, 7) is 1.51. The Morgan fingerprint density at radius 3 is 2.07 bits per heavy atom. The van der Waals surface area contributed by atoms with Gasteiger partial charge < -0.3 is 69.6 Å². The Hall–Kier alpha value is -6.31. The first-order chi connectivity index (χ1) is 35.0. The zero-order valence-electron chi connectivity index (χ0n) is 40.5. The van der Waals surface area contributed by atoms with E-state index in [2.05, 4.69) is 42.2 Å². The number of fused-ring (bicyclic) bond motifs is 1. The molecule has 3 aromatic carbocycles. The number of para-hydroxylation sites is 1. The van der Waals surface area contributed by atoms with Crippen LogP contribution in [0.3, 0.4) is 0 Å². The number of rotatable bonds is 18. The minimum atomic E-state index is -1.68. The molecule has 1 saturated heterocycles. The van der Waals surface area contributed by atoms with Crippen LogP contribution in [-0.2, 0) is 57.6 Å². The molecular formula is C49H65N11O10S3. The minimum absolute atomic E-state index is 0.0150. The smallest absolute Gasteiger partial charge is 0.245 e. The Bertz CT molecular complexity index is 2520. The maximum Gasteiger partial charge on any atom is 0.245 e. The van der Waals surface area contributed by atoms with E-state index in [9.17, 15) is 48.6 Å². The number of aliphatic hydroxyl groups is 1. The highest BCUT2D eigenvalue weighted by molar-refractivity contribution is 8.76. The van der Waals surface area contributed by atoms with Crippen LogP contribution in [0.25, 0.3) is 10.9 Å². The van der Waals surface area contributed by atoms with Gasteiger partial charge in [-0.05, 0) is 80.3 Å². The predicted molar refractivity (Wildman–Crippen MR) is 283 cm³/mol. The molecule has 21 nitrogen and oxygen atoms in total. The third-order valence-electron chi connectivity index (χ3n) is 11.8. The molecule has 0 radical (unpaired) electrons. The van der Waals surface area contributed by atoms with Crippen molar-refractivity contribution in [2.24, 2.45) is 17.2 Å². The lowest BCUT2D eigenvalue weighted by Crippen LogP contribution is -2.62. The summed E-state index contributed by atoms with van der Waals surface area (Å²) < 4.78 is 0. The molecule has 9 atom stereocenters. The van der Waals surface area contributed by atoms with Crippen LogP contribution in [0.15, 0.2) is 85.1 Å². The lowest BCUT2D eigenvalue weighted by molar-refractivity contribution is -0.136. The van der Waals surface area contributed by atoms with Crippen LogP contribution in [-0.4, -0.2) is 147 Å². The van der Waals surface area contributed by atoms with Gasteiger partial charge >= 0.3 is 0 Å². The highest BCUT2D eigenvalue weighted by Gasteiger charge is 2.36. The molecule has 5 rings (SSSR count). The van der Waals surface area contributed by atoms with Crippen LogP contribution in [0.5, 0.6) is 5.75 Å². The number of unbranched alkanes of at least 4 members (excludes halogenated alkanes) is 1. The number of phenolic OH excluding ortho intramolecular Hbond substituents is 1. The SMILES string of the molecule is CSC[C@H](NC(=O)[C@@H]1CSSC[C@H](NC(=O)[C@H](N)Cc2ccccc2)C(=O)N[C@@H](Cc2ccc(O)cc2)C(=O)N[C@H](Cc2c[nH]c3ccccc23)C(=O)N[C@@H](CCCCN)C(=O)N[C@@H]([C@@H](C)O)C(=O)N1)C(N)=O. The second-order valence-corrected chi connectivity index (χ2v) is 21.0. The monoisotopic (exact) mass is 1060 g/mol. The number of nitrogens with two attached hydrogens (primary N) is 3. The van der Waals surface area contributed by atoms with Crippen LogP contribution in [0.4, 0.5) is 0 Å². The van der Waals surface area contributed by atoms with Crippen molar-refractivity contribution >= 4 is 91.5 Å². The first-order valence-electron chi connectivity index (χ1n) is 23.6. The van der Waals surface area contributed by atoms with E-state index >= 15 is 0 Å². The van der Waals surface area contributed by atoms with E-state index < -0.39 is 102 Å². The number of carbonyl (C=O) groups is 8. The van der Waals surface area contributed by atoms with E-state index in [1.165, 1.54) is 30.8 Å². The van der Waals surface area contributed by atoms with Gasteiger partial charge in [-0.15, -0.1) is 0 Å². The molecule has 1 aliphatic heterocycles. The topological polar surface area (TPSA) is 355 Å². The molecule has 73 heavy (non-hydrogen) atoms. The number of aromatic amines is 1. The number of aromatic nitrogens is 1.